The zero-order valence-corrected chi connectivity index (χ0v) is 12.2. The number of nitrogens with one attached hydrogen (secondary N) is 1. The van der Waals surface area contributed by atoms with Crippen molar-refractivity contribution in [1.82, 2.24) is 10.2 Å². The van der Waals surface area contributed by atoms with Crippen LogP contribution in [0.1, 0.15) is 12.5 Å². The highest BCUT2D eigenvalue weighted by molar-refractivity contribution is 5.26. The maximum absolute atomic E-state index is 9.22. The quantitative estimate of drug-likeness (QED) is 0.665. The summed E-state index contributed by atoms with van der Waals surface area (Å²) in [7, 11) is 4.09. The van der Waals surface area contributed by atoms with E-state index in [4.69, 9.17) is 4.74 Å². The van der Waals surface area contributed by atoms with Gasteiger partial charge in [-0.15, -0.1) is 0 Å². The topological polar surface area (TPSA) is 44.7 Å². The van der Waals surface area contributed by atoms with Gasteiger partial charge in [-0.3, -0.25) is 0 Å². The lowest BCUT2D eigenvalue weighted by molar-refractivity contribution is 0.118. The van der Waals surface area contributed by atoms with Crippen molar-refractivity contribution in [1.29, 1.82) is 0 Å². The van der Waals surface area contributed by atoms with Gasteiger partial charge < -0.3 is 20.1 Å². The van der Waals surface area contributed by atoms with Crippen LogP contribution in [0.3, 0.4) is 0 Å². The third-order valence-corrected chi connectivity index (χ3v) is 2.90. The Morgan fingerprint density at radius 3 is 2.53 bits per heavy atom. The highest BCUT2D eigenvalue weighted by atomic mass is 16.5. The molecule has 19 heavy (non-hydrogen) atoms. The predicted octanol–water partition coefficient (Wildman–Crippen LogP) is 1.49. The van der Waals surface area contributed by atoms with Gasteiger partial charge in [-0.1, -0.05) is 12.1 Å². The van der Waals surface area contributed by atoms with E-state index in [2.05, 4.69) is 17.1 Å². The van der Waals surface area contributed by atoms with Gasteiger partial charge in [0.2, 0.25) is 0 Å². The molecular weight excluding hydrogens is 240 g/mol. The number of nitrogens with zero attached hydrogens (tertiary/aromatic N) is 1. The molecule has 0 amide bonds. The van der Waals surface area contributed by atoms with Gasteiger partial charge in [-0.2, -0.15) is 0 Å². The van der Waals surface area contributed by atoms with Crippen LogP contribution in [0.4, 0.5) is 0 Å². The standard InChI is InChI=1S/C15H26N2O2/c1-13(12-14-4-6-15(18)7-5-14)16-8-10-19-11-9-17(2)3/h4-7,13,16,18H,8-12H2,1-3H3. The average Bonchev–Trinajstić information content (AvgIpc) is 2.36. The molecule has 4 heteroatoms. The number of rotatable bonds is 9. The number of hydrogen-bond donors (Lipinski definition) is 2. The Balaban J connectivity index is 2.08. The Labute approximate surface area is 116 Å². The fraction of sp³-hybridized carbons (Fsp3) is 0.600. The molecule has 0 aliphatic rings. The minimum atomic E-state index is 0.318. The van der Waals surface area contributed by atoms with Gasteiger partial charge in [-0.05, 0) is 45.1 Å². The third kappa shape index (κ3) is 7.82. The maximum Gasteiger partial charge on any atom is 0.115 e. The second kappa shape index (κ2) is 8.91. The highest BCUT2D eigenvalue weighted by Gasteiger charge is 2.02. The molecule has 0 saturated carbocycles. The van der Waals surface area contributed by atoms with E-state index in [1.807, 2.05) is 26.2 Å². The summed E-state index contributed by atoms with van der Waals surface area (Å²) in [6.07, 6.45) is 0.956. The smallest absolute Gasteiger partial charge is 0.115 e. The van der Waals surface area contributed by atoms with E-state index in [0.29, 0.717) is 11.8 Å². The highest BCUT2D eigenvalue weighted by Crippen LogP contribution is 2.10. The van der Waals surface area contributed by atoms with Crippen LogP contribution in [-0.2, 0) is 11.2 Å². The maximum atomic E-state index is 9.22. The Bertz CT molecular complexity index is 339. The van der Waals surface area contributed by atoms with Crippen LogP contribution in [0.25, 0.3) is 0 Å². The molecule has 0 heterocycles. The molecule has 0 aliphatic carbocycles. The summed E-state index contributed by atoms with van der Waals surface area (Å²) in [6.45, 7) is 5.51. The van der Waals surface area contributed by atoms with Gasteiger partial charge >= 0.3 is 0 Å². The molecular formula is C15H26N2O2. The van der Waals surface area contributed by atoms with Crippen molar-refractivity contribution >= 4 is 0 Å². The summed E-state index contributed by atoms with van der Waals surface area (Å²) in [5, 5.41) is 12.7. The number of hydrogen-bond acceptors (Lipinski definition) is 4. The molecule has 2 N–H and O–H groups in total. The monoisotopic (exact) mass is 266 g/mol. The van der Waals surface area contributed by atoms with Gasteiger partial charge in [0, 0.05) is 19.1 Å². The number of likely N-dealkylation sites (N-methyl/N-ethyl adjacent to an activating group) is 1. The molecule has 0 fully saturated rings. The molecule has 1 aromatic carbocycles. The van der Waals surface area contributed by atoms with Crippen LogP contribution in [0.2, 0.25) is 0 Å². The molecule has 0 aliphatic heterocycles. The summed E-state index contributed by atoms with van der Waals surface area (Å²) in [5.41, 5.74) is 1.23. The average molecular weight is 266 g/mol. The Hall–Kier alpha value is -1.10. The number of ether oxygens (including phenoxy) is 1. The SMILES string of the molecule is CC(Cc1ccc(O)cc1)NCCOCCN(C)C. The molecule has 1 aromatic rings. The first kappa shape index (κ1) is 16.0. The number of phenolic OH excluding ortho intramolecular Hbond substituents is 1. The van der Waals surface area contributed by atoms with Gasteiger partial charge in [0.1, 0.15) is 5.75 Å². The second-order valence-electron chi connectivity index (χ2n) is 5.14. The molecule has 0 bridgehead atoms. The fourth-order valence-corrected chi connectivity index (χ4v) is 1.78. The summed E-state index contributed by atoms with van der Waals surface area (Å²) in [4.78, 5) is 2.11. The van der Waals surface area contributed by atoms with E-state index in [-0.39, 0.29) is 0 Å². The van der Waals surface area contributed by atoms with E-state index in [1.165, 1.54) is 5.56 Å². The first-order valence-corrected chi connectivity index (χ1v) is 6.81. The van der Waals surface area contributed by atoms with Crippen LogP contribution in [-0.4, -0.2) is 56.4 Å². The van der Waals surface area contributed by atoms with E-state index in [9.17, 15) is 5.11 Å². The molecule has 1 unspecified atom stereocenters. The first-order valence-electron chi connectivity index (χ1n) is 6.81. The van der Waals surface area contributed by atoms with Crippen molar-refractivity contribution in [3.63, 3.8) is 0 Å². The van der Waals surface area contributed by atoms with E-state index in [0.717, 1.165) is 32.7 Å². The lowest BCUT2D eigenvalue weighted by Crippen LogP contribution is -2.31. The summed E-state index contributed by atoms with van der Waals surface area (Å²) < 4.78 is 5.52. The van der Waals surface area contributed by atoms with E-state index < -0.39 is 0 Å². The second-order valence-corrected chi connectivity index (χ2v) is 5.14. The summed E-state index contributed by atoms with van der Waals surface area (Å²) >= 11 is 0. The number of phenols is 1. The fourth-order valence-electron chi connectivity index (χ4n) is 1.78. The van der Waals surface area contributed by atoms with E-state index in [1.54, 1.807) is 12.1 Å². The summed E-state index contributed by atoms with van der Waals surface area (Å²) in [6, 6.07) is 7.78. The summed E-state index contributed by atoms with van der Waals surface area (Å²) in [5.74, 6) is 0.318. The lowest BCUT2D eigenvalue weighted by atomic mass is 10.1. The third-order valence-electron chi connectivity index (χ3n) is 2.90. The molecule has 1 rings (SSSR count). The van der Waals surface area contributed by atoms with Gasteiger partial charge in [0.05, 0.1) is 13.2 Å². The molecule has 0 spiro atoms. The van der Waals surface area contributed by atoms with Crippen molar-refractivity contribution in [3.8, 4) is 5.75 Å². The van der Waals surface area contributed by atoms with Crippen LogP contribution in [0, 0.1) is 0 Å². The molecule has 4 nitrogen and oxygen atoms in total. The lowest BCUT2D eigenvalue weighted by Gasteiger charge is -2.15. The molecule has 0 aromatic heterocycles. The number of benzene rings is 1. The Morgan fingerprint density at radius 1 is 1.21 bits per heavy atom. The van der Waals surface area contributed by atoms with Crippen LogP contribution in [0.5, 0.6) is 5.75 Å². The normalized spacial score (nSPS) is 12.8. The van der Waals surface area contributed by atoms with Gasteiger partial charge in [-0.25, -0.2) is 0 Å². The van der Waals surface area contributed by atoms with Crippen molar-refractivity contribution in [2.45, 2.75) is 19.4 Å². The number of aromatic hydroxyl groups is 1. The predicted molar refractivity (Wildman–Crippen MR) is 78.6 cm³/mol. The van der Waals surface area contributed by atoms with Crippen molar-refractivity contribution < 1.29 is 9.84 Å². The zero-order chi connectivity index (χ0) is 14.1. The van der Waals surface area contributed by atoms with Crippen molar-refractivity contribution in [2.24, 2.45) is 0 Å². The van der Waals surface area contributed by atoms with Crippen LogP contribution < -0.4 is 5.32 Å². The molecule has 0 radical (unpaired) electrons. The Morgan fingerprint density at radius 2 is 1.89 bits per heavy atom. The van der Waals surface area contributed by atoms with Crippen LogP contribution in [0.15, 0.2) is 24.3 Å². The zero-order valence-electron chi connectivity index (χ0n) is 12.2. The first-order chi connectivity index (χ1) is 9.08. The van der Waals surface area contributed by atoms with Crippen molar-refractivity contribution in [3.05, 3.63) is 29.8 Å². The van der Waals surface area contributed by atoms with Crippen LogP contribution >= 0.6 is 0 Å². The molecule has 0 saturated heterocycles. The largest absolute Gasteiger partial charge is 0.508 e. The van der Waals surface area contributed by atoms with E-state index >= 15 is 0 Å². The molecule has 1 atom stereocenters. The molecule has 108 valence electrons. The minimum absolute atomic E-state index is 0.318. The van der Waals surface area contributed by atoms with Crippen molar-refractivity contribution in [2.75, 3.05) is 40.4 Å². The van der Waals surface area contributed by atoms with Gasteiger partial charge in [0.25, 0.3) is 0 Å². The minimum Gasteiger partial charge on any atom is -0.508 e. The Kier molecular flexibility index (Phi) is 7.48. The van der Waals surface area contributed by atoms with Gasteiger partial charge in [0.15, 0.2) is 0 Å².